The van der Waals surface area contributed by atoms with Crippen LogP contribution in [-0.4, -0.2) is 48.5 Å². The Morgan fingerprint density at radius 2 is 2.22 bits per heavy atom. The molecule has 0 bridgehead atoms. The number of allylic oxidation sites excluding steroid dienone is 3. The maximum absolute atomic E-state index is 13.5. The standard InChI is InChI=1S/C19H34FNO2/c1-5-19(20)16(4)10-9-15(3)12-17-8-7-11-21(17)13-18(22)14-23-6-2/h5,9,16-18,22H,6-8,10-14H2,1-4H3/b15-9+,19-5+/t16?,17-,18?/m0/s1. The molecule has 0 aliphatic carbocycles. The molecule has 0 amide bonds. The summed E-state index contributed by atoms with van der Waals surface area (Å²) in [5.41, 5.74) is 1.32. The van der Waals surface area contributed by atoms with Crippen LogP contribution in [0.15, 0.2) is 23.6 Å². The summed E-state index contributed by atoms with van der Waals surface area (Å²) in [6, 6.07) is 0.490. The normalized spacial score (nSPS) is 23.3. The van der Waals surface area contributed by atoms with E-state index in [2.05, 4.69) is 17.9 Å². The second kappa shape index (κ2) is 11.0. The lowest BCUT2D eigenvalue weighted by Crippen LogP contribution is -2.38. The van der Waals surface area contributed by atoms with Crippen molar-refractivity contribution in [1.29, 1.82) is 0 Å². The summed E-state index contributed by atoms with van der Waals surface area (Å²) in [6.07, 6.45) is 7.41. The number of halogens is 1. The fourth-order valence-corrected chi connectivity index (χ4v) is 3.17. The molecule has 3 atom stereocenters. The number of aliphatic hydroxyl groups is 1. The van der Waals surface area contributed by atoms with Crippen molar-refractivity contribution in [2.45, 2.75) is 65.5 Å². The van der Waals surface area contributed by atoms with Crippen molar-refractivity contribution in [3.8, 4) is 0 Å². The molecular formula is C19H34FNO2. The highest BCUT2D eigenvalue weighted by Crippen LogP contribution is 2.25. The molecule has 0 aromatic heterocycles. The Hall–Kier alpha value is -0.710. The minimum Gasteiger partial charge on any atom is -0.389 e. The Morgan fingerprint density at radius 1 is 1.48 bits per heavy atom. The molecule has 1 fully saturated rings. The molecule has 0 spiro atoms. The molecule has 0 aromatic carbocycles. The molecule has 0 aromatic rings. The van der Waals surface area contributed by atoms with Gasteiger partial charge in [-0.2, -0.15) is 0 Å². The SMILES string of the molecule is C/C=C(/F)C(C)C/C=C(\C)C[C@@H]1CCCN1CC(O)COCC. The Balaban J connectivity index is 2.44. The summed E-state index contributed by atoms with van der Waals surface area (Å²) in [5.74, 6) is -0.0711. The van der Waals surface area contributed by atoms with Gasteiger partial charge in [0.15, 0.2) is 0 Å². The number of β-amino-alcohol motifs (C(OH)–C–C–N with tert-alkyl or cyclic N) is 1. The van der Waals surface area contributed by atoms with Gasteiger partial charge in [0.05, 0.1) is 18.5 Å². The van der Waals surface area contributed by atoms with Crippen molar-refractivity contribution >= 4 is 0 Å². The van der Waals surface area contributed by atoms with Gasteiger partial charge in [0.2, 0.25) is 0 Å². The molecule has 134 valence electrons. The summed E-state index contributed by atoms with van der Waals surface area (Å²) < 4.78 is 18.8. The van der Waals surface area contributed by atoms with E-state index in [0.29, 0.717) is 25.8 Å². The van der Waals surface area contributed by atoms with Gasteiger partial charge in [-0.15, -0.1) is 0 Å². The summed E-state index contributed by atoms with van der Waals surface area (Å²) >= 11 is 0. The lowest BCUT2D eigenvalue weighted by atomic mass is 10.00. The summed E-state index contributed by atoms with van der Waals surface area (Å²) in [4.78, 5) is 2.37. The van der Waals surface area contributed by atoms with Crippen molar-refractivity contribution in [3.05, 3.63) is 23.6 Å². The minimum absolute atomic E-state index is 0.0319. The van der Waals surface area contributed by atoms with Crippen LogP contribution in [0.25, 0.3) is 0 Å². The van der Waals surface area contributed by atoms with E-state index in [1.54, 1.807) is 13.0 Å². The van der Waals surface area contributed by atoms with Gasteiger partial charge >= 0.3 is 0 Å². The Kier molecular flexibility index (Phi) is 9.68. The van der Waals surface area contributed by atoms with E-state index in [0.717, 1.165) is 19.4 Å². The second-order valence-electron chi connectivity index (χ2n) is 6.67. The van der Waals surface area contributed by atoms with E-state index >= 15 is 0 Å². The summed E-state index contributed by atoms with van der Waals surface area (Å²) in [6.45, 7) is 10.5. The average Bonchev–Trinajstić information content (AvgIpc) is 2.96. The molecule has 1 rings (SSSR count). The van der Waals surface area contributed by atoms with Crippen molar-refractivity contribution in [3.63, 3.8) is 0 Å². The average molecular weight is 327 g/mol. The lowest BCUT2D eigenvalue weighted by molar-refractivity contribution is 0.0188. The highest BCUT2D eigenvalue weighted by atomic mass is 19.1. The maximum Gasteiger partial charge on any atom is 0.0988 e. The number of hydrogen-bond acceptors (Lipinski definition) is 3. The first-order chi connectivity index (χ1) is 11.0. The fourth-order valence-electron chi connectivity index (χ4n) is 3.17. The third-order valence-corrected chi connectivity index (χ3v) is 4.58. The number of rotatable bonds is 10. The van der Waals surface area contributed by atoms with Gasteiger partial charge in [0, 0.05) is 25.1 Å². The minimum atomic E-state index is -0.413. The topological polar surface area (TPSA) is 32.7 Å². The van der Waals surface area contributed by atoms with Crippen LogP contribution in [-0.2, 0) is 4.74 Å². The largest absolute Gasteiger partial charge is 0.389 e. The monoisotopic (exact) mass is 327 g/mol. The predicted octanol–water partition coefficient (Wildman–Crippen LogP) is 4.08. The molecule has 3 nitrogen and oxygen atoms in total. The molecule has 1 N–H and O–H groups in total. The Labute approximate surface area is 141 Å². The quantitative estimate of drug-likeness (QED) is 0.614. The third-order valence-electron chi connectivity index (χ3n) is 4.58. The molecule has 1 aliphatic rings. The van der Waals surface area contributed by atoms with E-state index in [1.807, 2.05) is 13.8 Å². The highest BCUT2D eigenvalue weighted by molar-refractivity contribution is 5.05. The van der Waals surface area contributed by atoms with E-state index < -0.39 is 6.10 Å². The molecule has 2 unspecified atom stereocenters. The van der Waals surface area contributed by atoms with Gasteiger partial charge in [0.1, 0.15) is 0 Å². The maximum atomic E-state index is 13.5. The zero-order valence-electron chi connectivity index (χ0n) is 15.2. The molecule has 4 heteroatoms. The fraction of sp³-hybridized carbons (Fsp3) is 0.789. The first-order valence-electron chi connectivity index (χ1n) is 8.95. The zero-order valence-corrected chi connectivity index (χ0v) is 15.2. The van der Waals surface area contributed by atoms with Crippen molar-refractivity contribution < 1.29 is 14.2 Å². The Bertz CT molecular complexity index is 395. The molecule has 1 heterocycles. The molecule has 0 saturated carbocycles. The van der Waals surface area contributed by atoms with Gasteiger partial charge in [-0.3, -0.25) is 4.90 Å². The summed E-state index contributed by atoms with van der Waals surface area (Å²) in [5, 5.41) is 10.0. The van der Waals surface area contributed by atoms with Crippen molar-refractivity contribution in [2.24, 2.45) is 5.92 Å². The molecule has 1 saturated heterocycles. The van der Waals surface area contributed by atoms with Crippen LogP contribution >= 0.6 is 0 Å². The highest BCUT2D eigenvalue weighted by Gasteiger charge is 2.26. The Morgan fingerprint density at radius 3 is 2.87 bits per heavy atom. The second-order valence-corrected chi connectivity index (χ2v) is 6.67. The molecule has 23 heavy (non-hydrogen) atoms. The van der Waals surface area contributed by atoms with Crippen molar-refractivity contribution in [1.82, 2.24) is 4.90 Å². The first kappa shape index (κ1) is 20.3. The van der Waals surface area contributed by atoms with E-state index in [4.69, 9.17) is 4.74 Å². The number of nitrogens with zero attached hydrogens (tertiary/aromatic N) is 1. The summed E-state index contributed by atoms with van der Waals surface area (Å²) in [7, 11) is 0. The van der Waals surface area contributed by atoms with Gasteiger partial charge < -0.3 is 9.84 Å². The lowest BCUT2D eigenvalue weighted by Gasteiger charge is -2.27. The van der Waals surface area contributed by atoms with E-state index in [1.165, 1.54) is 18.4 Å². The molecule has 0 radical (unpaired) electrons. The van der Waals surface area contributed by atoms with Gasteiger partial charge in [0.25, 0.3) is 0 Å². The number of hydrogen-bond donors (Lipinski definition) is 1. The van der Waals surface area contributed by atoms with Crippen LogP contribution in [0.5, 0.6) is 0 Å². The molecular weight excluding hydrogens is 293 g/mol. The molecule has 1 aliphatic heterocycles. The zero-order chi connectivity index (χ0) is 17.2. The van der Waals surface area contributed by atoms with Crippen LogP contribution in [0, 0.1) is 5.92 Å². The smallest absolute Gasteiger partial charge is 0.0988 e. The first-order valence-corrected chi connectivity index (χ1v) is 8.95. The number of likely N-dealkylation sites (tertiary alicyclic amines) is 1. The van der Waals surface area contributed by atoms with Gasteiger partial charge in [-0.1, -0.05) is 24.6 Å². The van der Waals surface area contributed by atoms with Crippen LogP contribution in [0.1, 0.15) is 53.4 Å². The third kappa shape index (κ3) is 7.60. The van der Waals surface area contributed by atoms with Crippen LogP contribution in [0.2, 0.25) is 0 Å². The van der Waals surface area contributed by atoms with E-state index in [-0.39, 0.29) is 11.7 Å². The van der Waals surface area contributed by atoms with Crippen LogP contribution in [0.4, 0.5) is 4.39 Å². The predicted molar refractivity (Wildman–Crippen MR) is 94.1 cm³/mol. The number of aliphatic hydroxyl groups excluding tert-OH is 1. The van der Waals surface area contributed by atoms with Gasteiger partial charge in [-0.25, -0.2) is 4.39 Å². The van der Waals surface area contributed by atoms with Crippen molar-refractivity contribution in [2.75, 3.05) is 26.3 Å². The van der Waals surface area contributed by atoms with Gasteiger partial charge in [-0.05, 0) is 53.0 Å². The van der Waals surface area contributed by atoms with E-state index in [9.17, 15) is 9.50 Å². The van der Waals surface area contributed by atoms with Crippen LogP contribution < -0.4 is 0 Å². The number of ether oxygens (including phenoxy) is 1. The van der Waals surface area contributed by atoms with Crippen LogP contribution in [0.3, 0.4) is 0 Å².